The number of aromatic hydroxyl groups is 2. The van der Waals surface area contributed by atoms with Crippen LogP contribution in [0.3, 0.4) is 0 Å². The first-order valence-electron chi connectivity index (χ1n) is 7.42. The van der Waals surface area contributed by atoms with Crippen molar-refractivity contribution in [1.82, 2.24) is 4.57 Å². The van der Waals surface area contributed by atoms with E-state index in [2.05, 4.69) is 20.8 Å². The van der Waals surface area contributed by atoms with E-state index in [4.69, 9.17) is 0 Å². The van der Waals surface area contributed by atoms with Crippen LogP contribution in [-0.4, -0.2) is 14.8 Å². The fourth-order valence-electron chi connectivity index (χ4n) is 3.10. The van der Waals surface area contributed by atoms with Crippen LogP contribution in [0.15, 0.2) is 35.4 Å². The van der Waals surface area contributed by atoms with Crippen LogP contribution in [0.1, 0.15) is 37.5 Å². The van der Waals surface area contributed by atoms with Crippen molar-refractivity contribution in [3.05, 3.63) is 52.1 Å². The van der Waals surface area contributed by atoms with Gasteiger partial charge in [-0.1, -0.05) is 36.3 Å². The molecule has 3 nitrogen and oxygen atoms in total. The zero-order chi connectivity index (χ0) is 15.1. The molecule has 0 spiro atoms. The van der Waals surface area contributed by atoms with Gasteiger partial charge in [-0.05, 0) is 44.7 Å². The number of hydrogen-bond donors (Lipinski definition) is 2. The highest BCUT2D eigenvalue weighted by Gasteiger charge is 2.27. The van der Waals surface area contributed by atoms with Crippen molar-refractivity contribution < 1.29 is 10.2 Å². The molecular weight excluding hydrogens is 262 g/mol. The van der Waals surface area contributed by atoms with Crippen molar-refractivity contribution in [3.8, 4) is 17.4 Å². The van der Waals surface area contributed by atoms with Gasteiger partial charge in [-0.3, -0.25) is 4.57 Å². The van der Waals surface area contributed by atoms with Gasteiger partial charge in [0, 0.05) is 11.1 Å². The van der Waals surface area contributed by atoms with Crippen LogP contribution in [0.2, 0.25) is 0 Å². The summed E-state index contributed by atoms with van der Waals surface area (Å²) in [6, 6.07) is 7.88. The fourth-order valence-corrected chi connectivity index (χ4v) is 3.10. The van der Waals surface area contributed by atoms with E-state index < -0.39 is 0 Å². The lowest BCUT2D eigenvalue weighted by atomic mass is 9.90. The molecular formula is C18H21NO2. The molecule has 0 saturated carbocycles. The van der Waals surface area contributed by atoms with Gasteiger partial charge in [0.25, 0.3) is 0 Å². The van der Waals surface area contributed by atoms with Gasteiger partial charge in [-0.15, -0.1) is 0 Å². The molecule has 2 aromatic rings. The van der Waals surface area contributed by atoms with Crippen molar-refractivity contribution >= 4 is 0 Å². The Balaban J connectivity index is 2.21. The van der Waals surface area contributed by atoms with Crippen molar-refractivity contribution in [2.24, 2.45) is 0 Å². The highest BCUT2D eigenvalue weighted by atomic mass is 16.3. The number of nitrogens with zero attached hydrogens (tertiary/aromatic N) is 1. The maximum absolute atomic E-state index is 10.6. The third kappa shape index (κ3) is 2.04. The smallest absolute Gasteiger partial charge is 0.202 e. The first kappa shape index (κ1) is 13.8. The Kier molecular flexibility index (Phi) is 3.28. The summed E-state index contributed by atoms with van der Waals surface area (Å²) in [6.45, 7) is 6.25. The number of allylic oxidation sites excluding steroid dienone is 2. The van der Waals surface area contributed by atoms with Crippen LogP contribution in [0.4, 0.5) is 0 Å². The van der Waals surface area contributed by atoms with Crippen molar-refractivity contribution in [2.45, 2.75) is 40.0 Å². The largest absolute Gasteiger partial charge is 0.494 e. The molecule has 0 aliphatic heterocycles. The van der Waals surface area contributed by atoms with Crippen molar-refractivity contribution in [3.63, 3.8) is 0 Å². The van der Waals surface area contributed by atoms with Crippen LogP contribution < -0.4 is 0 Å². The molecule has 110 valence electrons. The number of aryl methyl sites for hydroxylation is 1. The molecule has 1 aliphatic carbocycles. The van der Waals surface area contributed by atoms with Gasteiger partial charge in [-0.2, -0.15) is 0 Å². The molecule has 0 saturated heterocycles. The lowest BCUT2D eigenvalue weighted by molar-refractivity contribution is 0.399. The standard InChI is InChI=1S/C18H21NO2/c1-4-13-7-5-6-8-16(13)19-17(20)14-9-11(2)12(3)10-15(14)18(19)21/h5-8,20-21H,4,9-10H2,1-3H3. The highest BCUT2D eigenvalue weighted by molar-refractivity contribution is 5.58. The molecule has 3 rings (SSSR count). The molecule has 0 fully saturated rings. The molecule has 1 heterocycles. The lowest BCUT2D eigenvalue weighted by Crippen LogP contribution is -2.03. The Morgan fingerprint density at radius 3 is 2.00 bits per heavy atom. The second-order valence-corrected chi connectivity index (χ2v) is 5.84. The normalized spacial score (nSPS) is 14.4. The van der Waals surface area contributed by atoms with Gasteiger partial charge in [0.15, 0.2) is 0 Å². The number of aromatic nitrogens is 1. The number of hydrogen-bond acceptors (Lipinski definition) is 2. The lowest BCUT2D eigenvalue weighted by Gasteiger charge is -2.15. The highest BCUT2D eigenvalue weighted by Crippen LogP contribution is 2.42. The summed E-state index contributed by atoms with van der Waals surface area (Å²) in [4.78, 5) is 0. The predicted molar refractivity (Wildman–Crippen MR) is 84.3 cm³/mol. The van der Waals surface area contributed by atoms with E-state index >= 15 is 0 Å². The second kappa shape index (κ2) is 4.99. The summed E-state index contributed by atoms with van der Waals surface area (Å²) >= 11 is 0. The van der Waals surface area contributed by atoms with Crippen LogP contribution in [0, 0.1) is 0 Å². The number of benzene rings is 1. The van der Waals surface area contributed by atoms with Gasteiger partial charge in [0.2, 0.25) is 11.8 Å². The molecule has 1 aliphatic rings. The second-order valence-electron chi connectivity index (χ2n) is 5.84. The van der Waals surface area contributed by atoms with E-state index in [-0.39, 0.29) is 11.8 Å². The molecule has 1 aromatic heterocycles. The number of rotatable bonds is 2. The van der Waals surface area contributed by atoms with Crippen molar-refractivity contribution in [1.29, 1.82) is 0 Å². The maximum atomic E-state index is 10.6. The minimum atomic E-state index is 0.176. The van der Waals surface area contributed by atoms with Crippen molar-refractivity contribution in [2.75, 3.05) is 0 Å². The van der Waals surface area contributed by atoms with E-state index in [9.17, 15) is 10.2 Å². The van der Waals surface area contributed by atoms with Gasteiger partial charge in [-0.25, -0.2) is 0 Å². The molecule has 0 amide bonds. The number of fused-ring (bicyclic) bond motifs is 1. The minimum absolute atomic E-state index is 0.176. The SMILES string of the molecule is CCc1ccccc1-n1c(O)c2c(c1O)CC(C)=C(C)C2. The summed E-state index contributed by atoms with van der Waals surface area (Å²) in [5.41, 5.74) is 6.25. The minimum Gasteiger partial charge on any atom is -0.494 e. The Hall–Kier alpha value is -2.16. The van der Waals surface area contributed by atoms with Gasteiger partial charge >= 0.3 is 0 Å². The van der Waals surface area contributed by atoms with Gasteiger partial charge in [0.1, 0.15) is 0 Å². The summed E-state index contributed by atoms with van der Waals surface area (Å²) < 4.78 is 1.59. The van der Waals surface area contributed by atoms with E-state index in [1.54, 1.807) is 4.57 Å². The fraction of sp³-hybridized carbons (Fsp3) is 0.333. The third-order valence-electron chi connectivity index (χ3n) is 4.55. The Labute approximate surface area is 125 Å². The summed E-state index contributed by atoms with van der Waals surface area (Å²) in [5, 5.41) is 21.2. The summed E-state index contributed by atoms with van der Waals surface area (Å²) in [6.07, 6.45) is 2.28. The molecule has 0 atom stereocenters. The zero-order valence-corrected chi connectivity index (χ0v) is 12.8. The first-order chi connectivity index (χ1) is 10.0. The Bertz CT molecular complexity index is 700. The average molecular weight is 283 g/mol. The summed E-state index contributed by atoms with van der Waals surface area (Å²) in [5.74, 6) is 0.352. The first-order valence-corrected chi connectivity index (χ1v) is 7.42. The monoisotopic (exact) mass is 283 g/mol. The van der Waals surface area contributed by atoms with Crippen LogP contribution in [0.25, 0.3) is 5.69 Å². The predicted octanol–water partition coefficient (Wildman–Crippen LogP) is 3.89. The van der Waals surface area contributed by atoms with Crippen LogP contribution in [-0.2, 0) is 19.3 Å². The molecule has 2 N–H and O–H groups in total. The quantitative estimate of drug-likeness (QED) is 0.821. The van der Waals surface area contributed by atoms with E-state index in [0.717, 1.165) is 28.8 Å². The maximum Gasteiger partial charge on any atom is 0.202 e. The molecule has 21 heavy (non-hydrogen) atoms. The van der Waals surface area contributed by atoms with E-state index in [1.807, 2.05) is 24.3 Å². The average Bonchev–Trinajstić information content (AvgIpc) is 2.71. The summed E-state index contributed by atoms with van der Waals surface area (Å²) in [7, 11) is 0. The van der Waals surface area contributed by atoms with E-state index in [1.165, 1.54) is 11.1 Å². The Morgan fingerprint density at radius 1 is 0.952 bits per heavy atom. The molecule has 0 bridgehead atoms. The molecule has 0 unspecified atom stereocenters. The van der Waals surface area contributed by atoms with Gasteiger partial charge in [0.05, 0.1) is 5.69 Å². The topological polar surface area (TPSA) is 45.4 Å². The van der Waals surface area contributed by atoms with Crippen LogP contribution in [0.5, 0.6) is 11.8 Å². The number of para-hydroxylation sites is 1. The molecule has 3 heteroatoms. The van der Waals surface area contributed by atoms with Crippen LogP contribution >= 0.6 is 0 Å². The third-order valence-corrected chi connectivity index (χ3v) is 4.55. The Morgan fingerprint density at radius 2 is 1.48 bits per heavy atom. The molecule has 1 aromatic carbocycles. The molecule has 0 radical (unpaired) electrons. The van der Waals surface area contributed by atoms with E-state index in [0.29, 0.717) is 12.8 Å². The van der Waals surface area contributed by atoms with Gasteiger partial charge < -0.3 is 10.2 Å². The zero-order valence-electron chi connectivity index (χ0n) is 12.8.